The number of hydrogen-bond acceptors (Lipinski definition) is 5. The Balaban J connectivity index is 1.76. The van der Waals surface area contributed by atoms with Crippen molar-refractivity contribution in [2.45, 2.75) is 57.4 Å². The van der Waals surface area contributed by atoms with Crippen molar-refractivity contribution in [2.75, 3.05) is 0 Å². The third-order valence-electron chi connectivity index (χ3n) is 4.83. The predicted octanol–water partition coefficient (Wildman–Crippen LogP) is 3.36. The Morgan fingerprint density at radius 3 is 2.30 bits per heavy atom. The highest BCUT2D eigenvalue weighted by atomic mass is 16.6. The quantitative estimate of drug-likeness (QED) is 0.790. The molecule has 0 amide bonds. The van der Waals surface area contributed by atoms with E-state index in [0.29, 0.717) is 18.6 Å². The summed E-state index contributed by atoms with van der Waals surface area (Å²) < 4.78 is 17.6. The van der Waals surface area contributed by atoms with Gasteiger partial charge < -0.3 is 19.3 Å². The molecular formula is C22H26O5. The molecule has 3 rings (SSSR count). The molecule has 1 heterocycles. The fourth-order valence-electron chi connectivity index (χ4n) is 3.33. The zero-order chi connectivity index (χ0) is 19.2. The maximum atomic E-state index is 12.5. The first-order valence-electron chi connectivity index (χ1n) is 9.35. The van der Waals surface area contributed by atoms with Crippen molar-refractivity contribution < 1.29 is 24.1 Å². The van der Waals surface area contributed by atoms with Crippen LogP contribution in [0.4, 0.5) is 0 Å². The summed E-state index contributed by atoms with van der Waals surface area (Å²) in [7, 11) is 0. The molecule has 5 atom stereocenters. The maximum Gasteiger partial charge on any atom is 0.338 e. The largest absolute Gasteiger partial charge is 0.453 e. The molecule has 0 aromatic heterocycles. The molecule has 2 aromatic rings. The van der Waals surface area contributed by atoms with Gasteiger partial charge >= 0.3 is 5.97 Å². The fraction of sp³-hybridized carbons (Fsp3) is 0.409. The summed E-state index contributed by atoms with van der Waals surface area (Å²) in [5.41, 5.74) is 1.45. The van der Waals surface area contributed by atoms with Crippen LogP contribution in [-0.2, 0) is 20.8 Å². The molecule has 2 aromatic carbocycles. The second kappa shape index (κ2) is 9.13. The zero-order valence-electron chi connectivity index (χ0n) is 15.7. The van der Waals surface area contributed by atoms with Gasteiger partial charge in [-0.25, -0.2) is 4.79 Å². The van der Waals surface area contributed by atoms with Crippen LogP contribution in [-0.4, -0.2) is 41.6 Å². The molecule has 0 aliphatic carbocycles. The van der Waals surface area contributed by atoms with Gasteiger partial charge in [0, 0.05) is 0 Å². The molecule has 27 heavy (non-hydrogen) atoms. The molecule has 1 aliphatic rings. The number of aliphatic hydroxyl groups excluding tert-OH is 1. The van der Waals surface area contributed by atoms with Gasteiger partial charge in [-0.1, -0.05) is 55.5 Å². The lowest BCUT2D eigenvalue weighted by atomic mass is 9.93. The van der Waals surface area contributed by atoms with Gasteiger partial charge in [0.05, 0.1) is 24.4 Å². The Hall–Kier alpha value is -2.21. The lowest BCUT2D eigenvalue weighted by Gasteiger charge is -2.43. The molecule has 0 bridgehead atoms. The molecule has 1 aliphatic heterocycles. The summed E-state index contributed by atoms with van der Waals surface area (Å²) in [6.45, 7) is 4.12. The molecule has 0 spiro atoms. The predicted molar refractivity (Wildman–Crippen MR) is 101 cm³/mol. The van der Waals surface area contributed by atoms with Crippen LogP contribution in [0.5, 0.6) is 0 Å². The monoisotopic (exact) mass is 370 g/mol. The highest BCUT2D eigenvalue weighted by molar-refractivity contribution is 5.89. The average molecular weight is 370 g/mol. The van der Waals surface area contributed by atoms with E-state index in [1.54, 1.807) is 24.3 Å². The molecule has 0 radical (unpaired) electrons. The van der Waals surface area contributed by atoms with Gasteiger partial charge in [0.1, 0.15) is 12.2 Å². The molecule has 5 nitrogen and oxygen atoms in total. The first kappa shape index (κ1) is 19.5. The van der Waals surface area contributed by atoms with Crippen LogP contribution in [0.15, 0.2) is 60.7 Å². The Labute approximate surface area is 159 Å². The number of benzene rings is 2. The van der Waals surface area contributed by atoms with Crippen molar-refractivity contribution in [3.63, 3.8) is 0 Å². The van der Waals surface area contributed by atoms with E-state index in [2.05, 4.69) is 0 Å². The number of rotatable bonds is 6. The van der Waals surface area contributed by atoms with E-state index in [1.807, 2.05) is 50.2 Å². The average Bonchev–Trinajstić information content (AvgIpc) is 2.71. The highest BCUT2D eigenvalue weighted by Crippen LogP contribution is 2.28. The number of esters is 1. The zero-order valence-corrected chi connectivity index (χ0v) is 15.7. The van der Waals surface area contributed by atoms with E-state index < -0.39 is 24.3 Å². The second-order valence-corrected chi connectivity index (χ2v) is 6.78. The molecule has 1 fully saturated rings. The van der Waals surface area contributed by atoms with Crippen LogP contribution in [0.3, 0.4) is 0 Å². The van der Waals surface area contributed by atoms with Crippen molar-refractivity contribution in [1.82, 2.24) is 0 Å². The van der Waals surface area contributed by atoms with E-state index in [4.69, 9.17) is 14.2 Å². The number of carbonyl (C=O) groups excluding carboxylic acids is 1. The van der Waals surface area contributed by atoms with Gasteiger partial charge in [0.25, 0.3) is 0 Å². The third kappa shape index (κ3) is 4.75. The molecular weight excluding hydrogens is 344 g/mol. The number of hydrogen-bond donors (Lipinski definition) is 1. The summed E-state index contributed by atoms with van der Waals surface area (Å²) in [5.74, 6) is -0.452. The summed E-state index contributed by atoms with van der Waals surface area (Å²) >= 11 is 0. The number of ether oxygens (including phenoxy) is 3. The smallest absolute Gasteiger partial charge is 0.338 e. The Bertz CT molecular complexity index is 718. The van der Waals surface area contributed by atoms with E-state index in [1.165, 1.54) is 0 Å². The van der Waals surface area contributed by atoms with Crippen molar-refractivity contribution in [3.05, 3.63) is 71.8 Å². The van der Waals surface area contributed by atoms with Gasteiger partial charge in [0.2, 0.25) is 0 Å². The summed E-state index contributed by atoms with van der Waals surface area (Å²) in [6, 6.07) is 18.5. The molecule has 144 valence electrons. The van der Waals surface area contributed by atoms with E-state index >= 15 is 0 Å². The molecule has 5 heteroatoms. The first-order valence-corrected chi connectivity index (χ1v) is 9.35. The molecule has 0 saturated carbocycles. The minimum atomic E-state index is -0.872. The Morgan fingerprint density at radius 2 is 1.67 bits per heavy atom. The number of carbonyl (C=O) groups is 1. The first-order chi connectivity index (χ1) is 13.1. The normalized spacial score (nSPS) is 27.9. The van der Waals surface area contributed by atoms with Gasteiger partial charge in [-0.3, -0.25) is 0 Å². The molecule has 1 N–H and O–H groups in total. The summed E-state index contributed by atoms with van der Waals surface area (Å²) in [6.07, 6.45) is -2.32. The van der Waals surface area contributed by atoms with Crippen molar-refractivity contribution in [1.29, 1.82) is 0 Å². The van der Waals surface area contributed by atoms with Gasteiger partial charge in [-0.2, -0.15) is 0 Å². The topological polar surface area (TPSA) is 65.0 Å². The summed E-state index contributed by atoms with van der Waals surface area (Å²) in [4.78, 5) is 12.5. The lowest BCUT2D eigenvalue weighted by molar-refractivity contribution is -0.233. The van der Waals surface area contributed by atoms with Crippen LogP contribution in [0.1, 0.15) is 36.2 Å². The third-order valence-corrected chi connectivity index (χ3v) is 4.83. The number of aliphatic hydroxyl groups is 1. The minimum Gasteiger partial charge on any atom is -0.453 e. The van der Waals surface area contributed by atoms with Gasteiger partial charge in [-0.05, 0) is 31.0 Å². The van der Waals surface area contributed by atoms with E-state index in [0.717, 1.165) is 5.56 Å². The van der Waals surface area contributed by atoms with Crippen LogP contribution in [0.25, 0.3) is 0 Å². The summed E-state index contributed by atoms with van der Waals surface area (Å²) in [5, 5.41) is 10.7. The standard InChI is InChI=1S/C22H26O5/c1-3-18-19(23)21(25-14-16-10-6-4-7-11-16)20(15(2)26-18)27-22(24)17-12-8-5-9-13-17/h4-13,15,18-21,23H,3,14H2,1-2H3/t15-,18?,19-,20?,21+/m0/s1. The van der Waals surface area contributed by atoms with E-state index in [-0.39, 0.29) is 12.2 Å². The van der Waals surface area contributed by atoms with Gasteiger partial charge in [-0.15, -0.1) is 0 Å². The van der Waals surface area contributed by atoms with Gasteiger partial charge in [0.15, 0.2) is 6.10 Å². The Morgan fingerprint density at radius 1 is 1.04 bits per heavy atom. The fourth-order valence-corrected chi connectivity index (χ4v) is 3.33. The van der Waals surface area contributed by atoms with Crippen molar-refractivity contribution in [3.8, 4) is 0 Å². The van der Waals surface area contributed by atoms with Crippen LogP contribution in [0, 0.1) is 0 Å². The van der Waals surface area contributed by atoms with Crippen molar-refractivity contribution in [2.24, 2.45) is 0 Å². The van der Waals surface area contributed by atoms with Crippen LogP contribution >= 0.6 is 0 Å². The van der Waals surface area contributed by atoms with Crippen LogP contribution in [0.2, 0.25) is 0 Å². The van der Waals surface area contributed by atoms with E-state index in [9.17, 15) is 9.90 Å². The lowest BCUT2D eigenvalue weighted by Crippen LogP contribution is -2.58. The molecule has 2 unspecified atom stereocenters. The SMILES string of the molecule is CCC1O[C@@H](C)C(OC(=O)c2ccccc2)[C@H](OCc2ccccc2)[C@H]1O. The Kier molecular flexibility index (Phi) is 6.61. The molecule has 1 saturated heterocycles. The van der Waals surface area contributed by atoms with Crippen molar-refractivity contribution >= 4 is 5.97 Å². The second-order valence-electron chi connectivity index (χ2n) is 6.78. The maximum absolute atomic E-state index is 12.5. The minimum absolute atomic E-state index is 0.325. The van der Waals surface area contributed by atoms with Crippen LogP contribution < -0.4 is 0 Å². The highest BCUT2D eigenvalue weighted by Gasteiger charge is 2.45.